The minimum Gasteiger partial charge on any atom is -0.339 e. The third kappa shape index (κ3) is 3.40. The van der Waals surface area contributed by atoms with Gasteiger partial charge in [-0.25, -0.2) is 0 Å². The molecule has 1 aromatic heterocycles. The molecule has 1 aliphatic rings. The highest BCUT2D eigenvalue weighted by Crippen LogP contribution is 2.36. The van der Waals surface area contributed by atoms with Gasteiger partial charge < -0.3 is 4.52 Å². The van der Waals surface area contributed by atoms with E-state index in [2.05, 4.69) is 17.1 Å². The second-order valence-corrected chi connectivity index (χ2v) is 5.43. The van der Waals surface area contributed by atoms with Gasteiger partial charge in [-0.3, -0.25) is 4.79 Å². The number of ketones is 1. The van der Waals surface area contributed by atoms with Crippen LogP contribution in [0.15, 0.2) is 4.52 Å². The number of aromatic nitrogens is 2. The van der Waals surface area contributed by atoms with E-state index in [0.717, 1.165) is 24.6 Å². The van der Waals surface area contributed by atoms with Gasteiger partial charge in [0, 0.05) is 5.92 Å². The summed E-state index contributed by atoms with van der Waals surface area (Å²) >= 11 is 0. The number of hydrogen-bond donors (Lipinski definition) is 0. The molecule has 2 rings (SSSR count). The lowest BCUT2D eigenvalue weighted by atomic mass is 9.80. The Bertz CT molecular complexity index is 392. The molecule has 1 fully saturated rings. The number of hydrogen-bond acceptors (Lipinski definition) is 4. The highest BCUT2D eigenvalue weighted by Gasteiger charge is 2.25. The van der Waals surface area contributed by atoms with Crippen molar-refractivity contribution in [3.05, 3.63) is 11.7 Å². The van der Waals surface area contributed by atoms with Crippen LogP contribution in [0.4, 0.5) is 0 Å². The second-order valence-electron chi connectivity index (χ2n) is 5.43. The first-order valence-electron chi connectivity index (χ1n) is 7.01. The fraction of sp³-hybridized carbons (Fsp3) is 0.786. The summed E-state index contributed by atoms with van der Waals surface area (Å²) in [6.07, 6.45) is 7.74. The number of carbonyl (C=O) groups excluding carboxylic acids is 1. The Morgan fingerprint density at radius 1 is 1.33 bits per heavy atom. The monoisotopic (exact) mass is 250 g/mol. The van der Waals surface area contributed by atoms with Crippen LogP contribution in [0.25, 0.3) is 0 Å². The Morgan fingerprint density at radius 2 is 2.06 bits per heavy atom. The average Bonchev–Trinajstić information content (AvgIpc) is 2.78. The van der Waals surface area contributed by atoms with E-state index in [0.29, 0.717) is 11.8 Å². The van der Waals surface area contributed by atoms with E-state index in [1.54, 1.807) is 6.92 Å². The van der Waals surface area contributed by atoms with Gasteiger partial charge in [0.05, 0.1) is 6.42 Å². The van der Waals surface area contributed by atoms with Crippen molar-refractivity contribution in [3.63, 3.8) is 0 Å². The summed E-state index contributed by atoms with van der Waals surface area (Å²) in [5.74, 6) is 2.66. The normalized spacial score (nSPS) is 24.1. The Kier molecular flexibility index (Phi) is 4.50. The van der Waals surface area contributed by atoms with Crippen LogP contribution >= 0.6 is 0 Å². The van der Waals surface area contributed by atoms with Crippen LogP contribution in [0.5, 0.6) is 0 Å². The van der Waals surface area contributed by atoms with Gasteiger partial charge in [-0.1, -0.05) is 24.9 Å². The summed E-state index contributed by atoms with van der Waals surface area (Å²) in [4.78, 5) is 15.3. The van der Waals surface area contributed by atoms with Crippen LogP contribution in [-0.2, 0) is 11.2 Å². The Labute approximate surface area is 108 Å². The van der Waals surface area contributed by atoms with Gasteiger partial charge in [-0.2, -0.15) is 4.98 Å². The summed E-state index contributed by atoms with van der Waals surface area (Å²) in [6.45, 7) is 3.79. The zero-order valence-corrected chi connectivity index (χ0v) is 11.3. The van der Waals surface area contributed by atoms with Crippen LogP contribution < -0.4 is 0 Å². The molecule has 1 saturated carbocycles. The summed E-state index contributed by atoms with van der Waals surface area (Å²) in [5.41, 5.74) is 0. The van der Waals surface area contributed by atoms with E-state index in [1.807, 2.05) is 0 Å². The third-order valence-electron chi connectivity index (χ3n) is 3.79. The molecule has 1 heterocycles. The minimum atomic E-state index is 0.0665. The van der Waals surface area contributed by atoms with Crippen molar-refractivity contribution in [2.24, 2.45) is 5.92 Å². The van der Waals surface area contributed by atoms with Gasteiger partial charge in [0.15, 0.2) is 5.82 Å². The summed E-state index contributed by atoms with van der Waals surface area (Å²) in [6, 6.07) is 0. The predicted octanol–water partition coefficient (Wildman–Crippen LogP) is 3.28. The quantitative estimate of drug-likeness (QED) is 0.804. The molecular formula is C14H22N2O2. The first-order chi connectivity index (χ1) is 8.69. The topological polar surface area (TPSA) is 56.0 Å². The van der Waals surface area contributed by atoms with Gasteiger partial charge in [0.1, 0.15) is 5.78 Å². The van der Waals surface area contributed by atoms with E-state index in [1.165, 1.54) is 25.7 Å². The van der Waals surface area contributed by atoms with Crippen molar-refractivity contribution in [1.29, 1.82) is 0 Å². The molecule has 0 bridgehead atoms. The second kappa shape index (κ2) is 6.12. The van der Waals surface area contributed by atoms with E-state index in [4.69, 9.17) is 4.52 Å². The highest BCUT2D eigenvalue weighted by atomic mass is 16.5. The average molecular weight is 250 g/mol. The maximum absolute atomic E-state index is 11.0. The SMILES string of the molecule is CCCC1CCC(c2noc(CC(C)=O)n2)CC1. The van der Waals surface area contributed by atoms with E-state index >= 15 is 0 Å². The largest absolute Gasteiger partial charge is 0.339 e. The predicted molar refractivity (Wildman–Crippen MR) is 68.3 cm³/mol. The molecule has 4 nitrogen and oxygen atoms in total. The molecule has 0 aromatic carbocycles. The molecule has 100 valence electrons. The van der Waals surface area contributed by atoms with Crippen molar-refractivity contribution in [1.82, 2.24) is 10.1 Å². The van der Waals surface area contributed by atoms with Crippen LogP contribution in [-0.4, -0.2) is 15.9 Å². The van der Waals surface area contributed by atoms with Gasteiger partial charge in [-0.15, -0.1) is 0 Å². The van der Waals surface area contributed by atoms with Crippen molar-refractivity contribution in [2.45, 2.75) is 64.7 Å². The Balaban J connectivity index is 1.89. The number of Topliss-reactive ketones (excluding diaryl/α,β-unsaturated/α-hetero) is 1. The number of carbonyl (C=O) groups is 1. The van der Waals surface area contributed by atoms with Gasteiger partial charge in [0.25, 0.3) is 0 Å². The first-order valence-corrected chi connectivity index (χ1v) is 7.01. The first kappa shape index (κ1) is 13.2. The van der Waals surface area contributed by atoms with Crippen molar-refractivity contribution in [3.8, 4) is 0 Å². The molecule has 0 atom stereocenters. The smallest absolute Gasteiger partial charge is 0.234 e. The van der Waals surface area contributed by atoms with E-state index in [-0.39, 0.29) is 12.2 Å². The molecule has 0 unspecified atom stereocenters. The maximum Gasteiger partial charge on any atom is 0.234 e. The number of nitrogens with zero attached hydrogens (tertiary/aromatic N) is 2. The molecule has 0 N–H and O–H groups in total. The third-order valence-corrected chi connectivity index (χ3v) is 3.79. The lowest BCUT2D eigenvalue weighted by Gasteiger charge is -2.26. The van der Waals surface area contributed by atoms with E-state index in [9.17, 15) is 4.79 Å². The maximum atomic E-state index is 11.0. The zero-order chi connectivity index (χ0) is 13.0. The molecule has 0 saturated heterocycles. The molecule has 18 heavy (non-hydrogen) atoms. The summed E-state index contributed by atoms with van der Waals surface area (Å²) in [7, 11) is 0. The molecule has 1 aliphatic carbocycles. The lowest BCUT2D eigenvalue weighted by Crippen LogP contribution is -2.14. The molecule has 0 aliphatic heterocycles. The van der Waals surface area contributed by atoms with Crippen LogP contribution in [0, 0.1) is 5.92 Å². The lowest BCUT2D eigenvalue weighted by molar-refractivity contribution is -0.116. The van der Waals surface area contributed by atoms with Gasteiger partial charge >= 0.3 is 0 Å². The fourth-order valence-corrected chi connectivity index (χ4v) is 2.84. The number of rotatable bonds is 5. The van der Waals surface area contributed by atoms with Crippen LogP contribution in [0.3, 0.4) is 0 Å². The standard InChI is InChI=1S/C14H22N2O2/c1-3-4-11-5-7-12(8-6-11)14-15-13(18-16-14)9-10(2)17/h11-12H,3-9H2,1-2H3. The molecular weight excluding hydrogens is 228 g/mol. The Morgan fingerprint density at radius 3 is 2.67 bits per heavy atom. The fourth-order valence-electron chi connectivity index (χ4n) is 2.84. The van der Waals surface area contributed by atoms with Gasteiger partial charge in [-0.05, 0) is 38.5 Å². The molecule has 1 aromatic rings. The summed E-state index contributed by atoms with van der Waals surface area (Å²) < 4.78 is 5.12. The van der Waals surface area contributed by atoms with Gasteiger partial charge in [0.2, 0.25) is 5.89 Å². The molecule has 0 amide bonds. The highest BCUT2D eigenvalue weighted by molar-refractivity contribution is 5.77. The molecule has 4 heteroatoms. The van der Waals surface area contributed by atoms with E-state index < -0.39 is 0 Å². The molecule has 0 radical (unpaired) electrons. The minimum absolute atomic E-state index is 0.0665. The van der Waals surface area contributed by atoms with Crippen molar-refractivity contribution >= 4 is 5.78 Å². The van der Waals surface area contributed by atoms with Crippen molar-refractivity contribution in [2.75, 3.05) is 0 Å². The summed E-state index contributed by atoms with van der Waals surface area (Å²) in [5, 5.41) is 4.03. The Hall–Kier alpha value is -1.19. The van der Waals surface area contributed by atoms with Crippen LogP contribution in [0.1, 0.15) is 70.0 Å². The molecule has 0 spiro atoms. The van der Waals surface area contributed by atoms with Crippen LogP contribution in [0.2, 0.25) is 0 Å². The zero-order valence-electron chi connectivity index (χ0n) is 11.3. The van der Waals surface area contributed by atoms with Crippen molar-refractivity contribution < 1.29 is 9.32 Å².